The highest BCUT2D eigenvalue weighted by molar-refractivity contribution is 7.80. The molecule has 1 atom stereocenters. The molecule has 0 aliphatic carbocycles. The molecule has 0 fully saturated rings. The van der Waals surface area contributed by atoms with E-state index in [1.54, 1.807) is 12.4 Å². The third-order valence-corrected chi connectivity index (χ3v) is 2.21. The molecule has 0 bridgehead atoms. The number of thiocarbonyl (C=S) groups is 1. The molecular formula is C11H17N3S. The third kappa shape index (κ3) is 4.25. The van der Waals surface area contributed by atoms with Crippen molar-refractivity contribution in [3.05, 3.63) is 30.1 Å². The average Bonchev–Trinajstić information content (AvgIpc) is 2.17. The second kappa shape index (κ2) is 5.66. The van der Waals surface area contributed by atoms with Crippen LogP contribution in [0.3, 0.4) is 0 Å². The Morgan fingerprint density at radius 3 is 2.33 bits per heavy atom. The van der Waals surface area contributed by atoms with Gasteiger partial charge in [-0.15, -0.1) is 0 Å². The summed E-state index contributed by atoms with van der Waals surface area (Å²) in [5.74, 6) is 0. The predicted octanol–water partition coefficient (Wildman–Crippen LogP) is 2.02. The molecule has 0 aromatic carbocycles. The van der Waals surface area contributed by atoms with Crippen LogP contribution in [0.1, 0.15) is 32.4 Å². The Bertz CT molecular complexity index is 311. The van der Waals surface area contributed by atoms with E-state index >= 15 is 0 Å². The molecule has 82 valence electrons. The number of aromatic nitrogens is 1. The molecule has 3 nitrogen and oxygen atoms in total. The number of hydrogen-bond donors (Lipinski definition) is 2. The van der Waals surface area contributed by atoms with Gasteiger partial charge in [0.15, 0.2) is 5.11 Å². The normalized spacial score (nSPS) is 12.3. The summed E-state index contributed by atoms with van der Waals surface area (Å²) in [6.45, 7) is 6.19. The lowest BCUT2D eigenvalue weighted by molar-refractivity contribution is 0.663. The number of pyridine rings is 1. The van der Waals surface area contributed by atoms with Crippen molar-refractivity contribution >= 4 is 17.3 Å². The molecule has 1 rings (SSSR count). The first kappa shape index (κ1) is 11.9. The standard InChI is InChI=1S/C11H17N3S/c1-8(2)13-11(15)14-9(3)10-4-6-12-7-5-10/h4-9H,1-3H3,(H2,13,14,15). The van der Waals surface area contributed by atoms with Gasteiger partial charge >= 0.3 is 0 Å². The summed E-state index contributed by atoms with van der Waals surface area (Å²) in [5, 5.41) is 7.06. The number of hydrogen-bond acceptors (Lipinski definition) is 2. The van der Waals surface area contributed by atoms with Crippen LogP contribution in [-0.2, 0) is 0 Å². The maximum absolute atomic E-state index is 5.17. The van der Waals surface area contributed by atoms with E-state index in [2.05, 4.69) is 36.4 Å². The van der Waals surface area contributed by atoms with Gasteiger partial charge in [0, 0.05) is 18.4 Å². The summed E-state index contributed by atoms with van der Waals surface area (Å²) in [7, 11) is 0. The zero-order valence-corrected chi connectivity index (χ0v) is 10.1. The number of nitrogens with one attached hydrogen (secondary N) is 2. The molecule has 0 aliphatic heterocycles. The van der Waals surface area contributed by atoms with Crippen LogP contribution in [0.4, 0.5) is 0 Å². The van der Waals surface area contributed by atoms with Crippen LogP contribution in [0.25, 0.3) is 0 Å². The van der Waals surface area contributed by atoms with Gasteiger partial charge in [-0.25, -0.2) is 0 Å². The second-order valence-corrected chi connectivity index (χ2v) is 4.18. The predicted molar refractivity (Wildman–Crippen MR) is 66.7 cm³/mol. The molecule has 0 aliphatic rings. The van der Waals surface area contributed by atoms with Gasteiger partial charge in [-0.05, 0) is 50.7 Å². The van der Waals surface area contributed by atoms with Gasteiger partial charge in [-0.1, -0.05) is 0 Å². The molecule has 0 spiro atoms. The minimum atomic E-state index is 0.201. The van der Waals surface area contributed by atoms with Crippen molar-refractivity contribution < 1.29 is 0 Å². The average molecular weight is 223 g/mol. The zero-order valence-electron chi connectivity index (χ0n) is 9.32. The number of nitrogens with zero attached hydrogens (tertiary/aromatic N) is 1. The lowest BCUT2D eigenvalue weighted by Crippen LogP contribution is -2.40. The fraction of sp³-hybridized carbons (Fsp3) is 0.455. The van der Waals surface area contributed by atoms with Gasteiger partial charge < -0.3 is 10.6 Å². The zero-order chi connectivity index (χ0) is 11.3. The van der Waals surface area contributed by atoms with E-state index in [1.807, 2.05) is 12.1 Å². The summed E-state index contributed by atoms with van der Waals surface area (Å²) < 4.78 is 0. The first-order valence-electron chi connectivity index (χ1n) is 5.06. The quantitative estimate of drug-likeness (QED) is 0.769. The molecule has 1 heterocycles. The van der Waals surface area contributed by atoms with E-state index in [9.17, 15) is 0 Å². The van der Waals surface area contributed by atoms with Gasteiger partial charge in [-0.2, -0.15) is 0 Å². The highest BCUT2D eigenvalue weighted by Crippen LogP contribution is 2.09. The van der Waals surface area contributed by atoms with E-state index in [4.69, 9.17) is 12.2 Å². The maximum atomic E-state index is 5.17. The highest BCUT2D eigenvalue weighted by Gasteiger charge is 2.06. The molecule has 0 amide bonds. The third-order valence-electron chi connectivity index (χ3n) is 1.97. The van der Waals surface area contributed by atoms with E-state index < -0.39 is 0 Å². The van der Waals surface area contributed by atoms with Gasteiger partial charge in [0.25, 0.3) is 0 Å². The van der Waals surface area contributed by atoms with E-state index in [-0.39, 0.29) is 6.04 Å². The minimum absolute atomic E-state index is 0.201. The lowest BCUT2D eigenvalue weighted by atomic mass is 10.1. The molecule has 0 saturated heterocycles. The fourth-order valence-corrected chi connectivity index (χ4v) is 1.65. The van der Waals surface area contributed by atoms with Gasteiger partial charge in [0.05, 0.1) is 6.04 Å². The van der Waals surface area contributed by atoms with Crippen LogP contribution in [0.15, 0.2) is 24.5 Å². The van der Waals surface area contributed by atoms with Crippen LogP contribution in [0, 0.1) is 0 Å². The van der Waals surface area contributed by atoms with Crippen LogP contribution in [-0.4, -0.2) is 16.1 Å². The summed E-state index contributed by atoms with van der Waals surface area (Å²) >= 11 is 5.17. The largest absolute Gasteiger partial charge is 0.361 e. The Hall–Kier alpha value is -1.16. The lowest BCUT2D eigenvalue weighted by Gasteiger charge is -2.18. The summed E-state index contributed by atoms with van der Waals surface area (Å²) in [6.07, 6.45) is 3.57. The van der Waals surface area contributed by atoms with Crippen molar-refractivity contribution in [2.75, 3.05) is 0 Å². The Morgan fingerprint density at radius 2 is 1.80 bits per heavy atom. The molecule has 1 unspecified atom stereocenters. The topological polar surface area (TPSA) is 37.0 Å². The fourth-order valence-electron chi connectivity index (χ4n) is 1.24. The molecule has 1 aromatic heterocycles. The molecule has 1 aromatic rings. The number of rotatable bonds is 3. The van der Waals surface area contributed by atoms with Gasteiger partial charge in [0.2, 0.25) is 0 Å². The van der Waals surface area contributed by atoms with Crippen molar-refractivity contribution in [2.45, 2.75) is 32.9 Å². The van der Waals surface area contributed by atoms with Crippen molar-refractivity contribution in [1.29, 1.82) is 0 Å². The Labute approximate surface area is 96.3 Å². The molecular weight excluding hydrogens is 206 g/mol. The molecule has 0 radical (unpaired) electrons. The molecule has 0 saturated carbocycles. The van der Waals surface area contributed by atoms with Crippen LogP contribution in [0.2, 0.25) is 0 Å². The van der Waals surface area contributed by atoms with Crippen LogP contribution >= 0.6 is 12.2 Å². The summed E-state index contributed by atoms with van der Waals surface area (Å²) in [5.41, 5.74) is 1.18. The Kier molecular flexibility index (Phi) is 4.49. The SMILES string of the molecule is CC(C)NC(=S)NC(C)c1ccncc1. The molecule has 2 N–H and O–H groups in total. The summed E-state index contributed by atoms with van der Waals surface area (Å²) in [6, 6.07) is 4.52. The van der Waals surface area contributed by atoms with Crippen molar-refractivity contribution in [2.24, 2.45) is 0 Å². The van der Waals surface area contributed by atoms with E-state index in [1.165, 1.54) is 5.56 Å². The van der Waals surface area contributed by atoms with Crippen LogP contribution < -0.4 is 10.6 Å². The second-order valence-electron chi connectivity index (χ2n) is 3.77. The highest BCUT2D eigenvalue weighted by atomic mass is 32.1. The van der Waals surface area contributed by atoms with Crippen LogP contribution in [0.5, 0.6) is 0 Å². The summed E-state index contributed by atoms with van der Waals surface area (Å²) in [4.78, 5) is 3.98. The van der Waals surface area contributed by atoms with Crippen molar-refractivity contribution in [3.8, 4) is 0 Å². The first-order chi connectivity index (χ1) is 7.09. The smallest absolute Gasteiger partial charge is 0.166 e. The minimum Gasteiger partial charge on any atom is -0.361 e. The molecule has 4 heteroatoms. The van der Waals surface area contributed by atoms with E-state index in [0.29, 0.717) is 11.2 Å². The monoisotopic (exact) mass is 223 g/mol. The Morgan fingerprint density at radius 1 is 1.20 bits per heavy atom. The Balaban J connectivity index is 2.49. The van der Waals surface area contributed by atoms with Crippen molar-refractivity contribution in [1.82, 2.24) is 15.6 Å². The van der Waals surface area contributed by atoms with Gasteiger partial charge in [0.1, 0.15) is 0 Å². The maximum Gasteiger partial charge on any atom is 0.166 e. The van der Waals surface area contributed by atoms with Gasteiger partial charge in [-0.3, -0.25) is 4.98 Å². The first-order valence-corrected chi connectivity index (χ1v) is 5.47. The molecule has 15 heavy (non-hydrogen) atoms. The van der Waals surface area contributed by atoms with Crippen molar-refractivity contribution in [3.63, 3.8) is 0 Å². The van der Waals surface area contributed by atoms with E-state index in [0.717, 1.165) is 0 Å².